The first-order valence-corrected chi connectivity index (χ1v) is 8.38. The van der Waals surface area contributed by atoms with Crippen LogP contribution < -0.4 is 5.32 Å². The number of hydrogen-bond donors (Lipinski definition) is 1. The molecule has 1 aromatic heterocycles. The summed E-state index contributed by atoms with van der Waals surface area (Å²) in [4.78, 5) is 22.4. The van der Waals surface area contributed by atoms with Gasteiger partial charge in [-0.2, -0.15) is 13.2 Å². The Morgan fingerprint density at radius 3 is 2.23 bits per heavy atom. The molecule has 1 aliphatic rings. The van der Waals surface area contributed by atoms with Gasteiger partial charge in [0.15, 0.2) is 0 Å². The second kappa shape index (κ2) is 7.31. The van der Waals surface area contributed by atoms with E-state index in [9.17, 15) is 18.0 Å². The largest absolute Gasteiger partial charge is 0.416 e. The van der Waals surface area contributed by atoms with E-state index in [1.165, 1.54) is 24.5 Å². The summed E-state index contributed by atoms with van der Waals surface area (Å²) in [5.74, 6) is 0.747. The van der Waals surface area contributed by atoms with E-state index in [4.69, 9.17) is 0 Å². The lowest BCUT2D eigenvalue weighted by molar-refractivity contribution is -0.137. The second-order valence-electron chi connectivity index (χ2n) is 6.47. The fraction of sp³-hybridized carbons (Fsp3) is 0.389. The molecule has 0 unspecified atom stereocenters. The first-order valence-electron chi connectivity index (χ1n) is 8.38. The van der Waals surface area contributed by atoms with E-state index in [2.05, 4.69) is 22.2 Å². The summed E-state index contributed by atoms with van der Waals surface area (Å²) in [6.07, 6.45) is 0.461. The highest BCUT2D eigenvalue weighted by atomic mass is 19.4. The van der Waals surface area contributed by atoms with E-state index in [0.717, 1.165) is 38.1 Å². The molecule has 2 aromatic rings. The molecule has 0 aliphatic carbocycles. The fourth-order valence-corrected chi connectivity index (χ4v) is 2.77. The number of alkyl halides is 3. The third-order valence-electron chi connectivity index (χ3n) is 4.44. The zero-order valence-electron chi connectivity index (χ0n) is 14.3. The fourth-order valence-electron chi connectivity index (χ4n) is 2.77. The summed E-state index contributed by atoms with van der Waals surface area (Å²) in [5.41, 5.74) is 0.111. The molecule has 1 N–H and O–H groups in total. The highest BCUT2D eigenvalue weighted by Gasteiger charge is 2.30. The quantitative estimate of drug-likeness (QED) is 0.890. The van der Waals surface area contributed by atoms with Gasteiger partial charge in [0, 0.05) is 31.2 Å². The number of halogens is 3. The van der Waals surface area contributed by atoms with Crippen molar-refractivity contribution >= 4 is 17.5 Å². The predicted molar refractivity (Wildman–Crippen MR) is 91.1 cm³/mol. The van der Waals surface area contributed by atoms with Gasteiger partial charge in [-0.3, -0.25) is 4.79 Å². The highest BCUT2D eigenvalue weighted by molar-refractivity contribution is 5.93. The molecule has 26 heavy (non-hydrogen) atoms. The van der Waals surface area contributed by atoms with Gasteiger partial charge in [-0.15, -0.1) is 0 Å². The standard InChI is InChI=1S/C18H19F3N4O/c1-12-6-8-25(9-7-12)16(26)13-10-22-17(23-11-13)24-15-4-2-14(3-5-15)18(19,20)21/h2-5,10-12H,6-9H2,1H3,(H,22,23,24). The molecule has 0 bridgehead atoms. The monoisotopic (exact) mass is 364 g/mol. The van der Waals surface area contributed by atoms with Crippen LogP contribution in [0.15, 0.2) is 36.7 Å². The molecule has 5 nitrogen and oxygen atoms in total. The number of likely N-dealkylation sites (tertiary alicyclic amines) is 1. The van der Waals surface area contributed by atoms with Crippen molar-refractivity contribution in [2.45, 2.75) is 25.9 Å². The average molecular weight is 364 g/mol. The molecule has 2 heterocycles. The summed E-state index contributed by atoms with van der Waals surface area (Å²) < 4.78 is 37.7. The minimum absolute atomic E-state index is 0.0991. The van der Waals surface area contributed by atoms with Crippen molar-refractivity contribution in [3.05, 3.63) is 47.8 Å². The molecular weight excluding hydrogens is 345 g/mol. The Balaban J connectivity index is 1.63. The van der Waals surface area contributed by atoms with Crippen LogP contribution in [-0.4, -0.2) is 33.9 Å². The van der Waals surface area contributed by atoms with Crippen LogP contribution in [0.5, 0.6) is 0 Å². The number of hydrogen-bond acceptors (Lipinski definition) is 4. The molecule has 0 spiro atoms. The number of carbonyl (C=O) groups is 1. The van der Waals surface area contributed by atoms with Crippen LogP contribution in [0.2, 0.25) is 0 Å². The number of amides is 1. The Bertz CT molecular complexity index is 752. The van der Waals surface area contributed by atoms with E-state index in [1.807, 2.05) is 0 Å². The molecule has 0 radical (unpaired) electrons. The van der Waals surface area contributed by atoms with Gasteiger partial charge in [0.25, 0.3) is 5.91 Å². The zero-order valence-corrected chi connectivity index (χ0v) is 14.3. The number of benzene rings is 1. The van der Waals surface area contributed by atoms with Gasteiger partial charge in [0.1, 0.15) is 0 Å². The minimum atomic E-state index is -4.37. The molecule has 8 heteroatoms. The second-order valence-corrected chi connectivity index (χ2v) is 6.47. The van der Waals surface area contributed by atoms with Crippen LogP contribution in [0.25, 0.3) is 0 Å². The van der Waals surface area contributed by atoms with Crippen molar-refractivity contribution in [3.63, 3.8) is 0 Å². The molecule has 0 saturated carbocycles. The summed E-state index contributed by atoms with van der Waals surface area (Å²) in [5, 5.41) is 2.82. The summed E-state index contributed by atoms with van der Waals surface area (Å²) in [6.45, 7) is 3.63. The molecule has 1 fully saturated rings. The van der Waals surface area contributed by atoms with Gasteiger partial charge in [0.2, 0.25) is 5.95 Å². The Labute approximate surface area is 149 Å². The van der Waals surface area contributed by atoms with E-state index in [0.29, 0.717) is 17.2 Å². The number of rotatable bonds is 3. The summed E-state index contributed by atoms with van der Waals surface area (Å²) >= 11 is 0. The molecule has 0 atom stereocenters. The van der Waals surface area contributed by atoms with Crippen LogP contribution in [0, 0.1) is 5.92 Å². The molecule has 1 saturated heterocycles. The normalized spacial score (nSPS) is 15.8. The van der Waals surface area contributed by atoms with Gasteiger partial charge in [0.05, 0.1) is 11.1 Å². The van der Waals surface area contributed by atoms with Crippen molar-refractivity contribution in [2.24, 2.45) is 5.92 Å². The Kier molecular flexibility index (Phi) is 5.11. The van der Waals surface area contributed by atoms with Crippen LogP contribution in [-0.2, 0) is 6.18 Å². The SMILES string of the molecule is CC1CCN(C(=O)c2cnc(Nc3ccc(C(F)(F)F)cc3)nc2)CC1. The predicted octanol–water partition coefficient (Wildman–Crippen LogP) is 4.11. The lowest BCUT2D eigenvalue weighted by Crippen LogP contribution is -2.38. The van der Waals surface area contributed by atoms with Crippen molar-refractivity contribution in [2.75, 3.05) is 18.4 Å². The molecule has 3 rings (SSSR count). The van der Waals surface area contributed by atoms with Crippen molar-refractivity contribution in [1.29, 1.82) is 0 Å². The molecule has 1 amide bonds. The van der Waals surface area contributed by atoms with Crippen molar-refractivity contribution < 1.29 is 18.0 Å². The number of nitrogens with one attached hydrogen (secondary N) is 1. The van der Waals surface area contributed by atoms with E-state index in [-0.39, 0.29) is 11.9 Å². The Morgan fingerprint density at radius 2 is 1.69 bits per heavy atom. The van der Waals surface area contributed by atoms with Gasteiger partial charge < -0.3 is 10.2 Å². The lowest BCUT2D eigenvalue weighted by Gasteiger charge is -2.30. The first-order chi connectivity index (χ1) is 12.3. The maximum absolute atomic E-state index is 12.6. The van der Waals surface area contributed by atoms with E-state index < -0.39 is 11.7 Å². The smallest absolute Gasteiger partial charge is 0.339 e. The number of piperidine rings is 1. The molecule has 1 aromatic carbocycles. The number of aromatic nitrogens is 2. The van der Waals surface area contributed by atoms with Gasteiger partial charge in [-0.1, -0.05) is 6.92 Å². The van der Waals surface area contributed by atoms with E-state index >= 15 is 0 Å². The minimum Gasteiger partial charge on any atom is -0.339 e. The highest BCUT2D eigenvalue weighted by Crippen LogP contribution is 2.30. The molecule has 1 aliphatic heterocycles. The van der Waals surface area contributed by atoms with Crippen LogP contribution >= 0.6 is 0 Å². The maximum atomic E-state index is 12.6. The van der Waals surface area contributed by atoms with E-state index in [1.54, 1.807) is 4.90 Å². The van der Waals surface area contributed by atoms with Gasteiger partial charge in [-0.25, -0.2) is 9.97 Å². The maximum Gasteiger partial charge on any atom is 0.416 e. The Morgan fingerprint density at radius 1 is 1.12 bits per heavy atom. The van der Waals surface area contributed by atoms with Crippen LogP contribution in [0.1, 0.15) is 35.7 Å². The Hall–Kier alpha value is -2.64. The van der Waals surface area contributed by atoms with Crippen LogP contribution in [0.4, 0.5) is 24.8 Å². The van der Waals surface area contributed by atoms with Crippen molar-refractivity contribution in [1.82, 2.24) is 14.9 Å². The first kappa shape index (κ1) is 18.2. The lowest BCUT2D eigenvalue weighted by atomic mass is 9.99. The number of carbonyl (C=O) groups excluding carboxylic acids is 1. The topological polar surface area (TPSA) is 58.1 Å². The van der Waals surface area contributed by atoms with Gasteiger partial charge in [-0.05, 0) is 43.0 Å². The third kappa shape index (κ3) is 4.30. The summed E-state index contributed by atoms with van der Waals surface area (Å²) in [7, 11) is 0. The zero-order chi connectivity index (χ0) is 18.7. The molecular formula is C18H19F3N4O. The number of anilines is 2. The number of nitrogens with zero attached hydrogens (tertiary/aromatic N) is 3. The van der Waals surface area contributed by atoms with Crippen molar-refractivity contribution in [3.8, 4) is 0 Å². The van der Waals surface area contributed by atoms with Crippen LogP contribution in [0.3, 0.4) is 0 Å². The molecule has 138 valence electrons. The average Bonchev–Trinajstić information content (AvgIpc) is 2.62. The third-order valence-corrected chi connectivity index (χ3v) is 4.44. The van der Waals surface area contributed by atoms with Gasteiger partial charge >= 0.3 is 6.18 Å². The summed E-state index contributed by atoms with van der Waals surface area (Å²) in [6, 6.07) is 4.58.